The predicted molar refractivity (Wildman–Crippen MR) is 97.9 cm³/mol. The monoisotopic (exact) mass is 410 g/mol. The van der Waals surface area contributed by atoms with E-state index in [1.165, 1.54) is 24.3 Å². The van der Waals surface area contributed by atoms with Crippen molar-refractivity contribution in [3.63, 3.8) is 0 Å². The van der Waals surface area contributed by atoms with Crippen LogP contribution in [0.25, 0.3) is 22.3 Å². The fraction of sp³-hybridized carbons (Fsp3) is 0.182. The van der Waals surface area contributed by atoms with Crippen LogP contribution in [0.4, 0.5) is 26.3 Å². The van der Waals surface area contributed by atoms with Gasteiger partial charge in [0.1, 0.15) is 11.6 Å². The number of rotatable bonds is 5. The van der Waals surface area contributed by atoms with E-state index in [2.05, 4.69) is 4.74 Å². The second-order valence-corrected chi connectivity index (χ2v) is 6.40. The summed E-state index contributed by atoms with van der Waals surface area (Å²) in [5, 5.41) is 0. The number of ether oxygens (including phenoxy) is 1. The van der Waals surface area contributed by atoms with Crippen LogP contribution in [-0.4, -0.2) is 6.36 Å². The highest BCUT2D eigenvalue weighted by Crippen LogP contribution is 2.41. The van der Waals surface area contributed by atoms with Crippen LogP contribution in [0.15, 0.2) is 54.6 Å². The van der Waals surface area contributed by atoms with Crippen molar-refractivity contribution in [2.24, 2.45) is 0 Å². The van der Waals surface area contributed by atoms with Crippen molar-refractivity contribution in [2.75, 3.05) is 0 Å². The Labute approximate surface area is 163 Å². The minimum absolute atomic E-state index is 0.157. The Kier molecular flexibility index (Phi) is 5.86. The summed E-state index contributed by atoms with van der Waals surface area (Å²) in [4.78, 5) is 0. The molecule has 0 spiro atoms. The van der Waals surface area contributed by atoms with Crippen molar-refractivity contribution in [3.05, 3.63) is 77.6 Å². The van der Waals surface area contributed by atoms with Crippen LogP contribution in [0, 0.1) is 17.5 Å². The van der Waals surface area contributed by atoms with Gasteiger partial charge in [-0.15, -0.1) is 13.2 Å². The van der Waals surface area contributed by atoms with E-state index in [0.29, 0.717) is 24.5 Å². The third kappa shape index (κ3) is 4.55. The molecule has 0 saturated heterocycles. The van der Waals surface area contributed by atoms with Crippen LogP contribution in [0.3, 0.4) is 0 Å². The van der Waals surface area contributed by atoms with Gasteiger partial charge in [0.15, 0.2) is 11.6 Å². The van der Waals surface area contributed by atoms with Crippen LogP contribution in [0.1, 0.15) is 18.9 Å². The minimum atomic E-state index is -5.12. The minimum Gasteiger partial charge on any atom is -0.403 e. The average Bonchev–Trinajstić information content (AvgIpc) is 2.63. The molecule has 0 fully saturated rings. The largest absolute Gasteiger partial charge is 0.573 e. The first kappa shape index (κ1) is 20.8. The van der Waals surface area contributed by atoms with E-state index in [0.717, 1.165) is 18.2 Å². The molecule has 3 aromatic carbocycles. The lowest BCUT2D eigenvalue weighted by atomic mass is 9.92. The molecule has 0 heterocycles. The van der Waals surface area contributed by atoms with Crippen molar-refractivity contribution in [2.45, 2.75) is 26.1 Å². The van der Waals surface area contributed by atoms with E-state index in [-0.39, 0.29) is 16.7 Å². The standard InChI is InChI=1S/C22H16F6O/c1-2-6-13-11-16(23)20(17(24)12-13)15-9-10-18(29-22(26,27)28)21(25)19(15)14-7-4-3-5-8-14/h3-5,7-12H,2,6H2,1H3. The predicted octanol–water partition coefficient (Wildman–Crippen LogP) is 7.29. The average molecular weight is 410 g/mol. The number of aryl methyl sites for hydroxylation is 1. The Morgan fingerprint density at radius 3 is 2.00 bits per heavy atom. The smallest absolute Gasteiger partial charge is 0.403 e. The molecule has 0 amide bonds. The fourth-order valence-electron chi connectivity index (χ4n) is 3.17. The summed E-state index contributed by atoms with van der Waals surface area (Å²) >= 11 is 0. The molecular weight excluding hydrogens is 394 g/mol. The Morgan fingerprint density at radius 1 is 0.828 bits per heavy atom. The van der Waals surface area contributed by atoms with Gasteiger partial charge in [-0.2, -0.15) is 0 Å². The van der Waals surface area contributed by atoms with Crippen LogP contribution in [0.5, 0.6) is 5.75 Å². The van der Waals surface area contributed by atoms with Crippen LogP contribution in [-0.2, 0) is 6.42 Å². The molecule has 0 radical (unpaired) electrons. The first-order valence-corrected chi connectivity index (χ1v) is 8.83. The normalized spacial score (nSPS) is 11.6. The second-order valence-electron chi connectivity index (χ2n) is 6.40. The third-order valence-corrected chi connectivity index (χ3v) is 4.30. The lowest BCUT2D eigenvalue weighted by molar-refractivity contribution is -0.275. The van der Waals surface area contributed by atoms with Gasteiger partial charge in [0.25, 0.3) is 0 Å². The first-order valence-electron chi connectivity index (χ1n) is 8.83. The topological polar surface area (TPSA) is 9.23 Å². The number of hydrogen-bond donors (Lipinski definition) is 0. The Balaban J connectivity index is 2.26. The zero-order valence-corrected chi connectivity index (χ0v) is 15.3. The van der Waals surface area contributed by atoms with E-state index in [4.69, 9.17) is 0 Å². The molecule has 0 bridgehead atoms. The summed E-state index contributed by atoms with van der Waals surface area (Å²) < 4.78 is 86.1. The van der Waals surface area contributed by atoms with Gasteiger partial charge in [-0.25, -0.2) is 13.2 Å². The molecule has 0 unspecified atom stereocenters. The zero-order valence-electron chi connectivity index (χ0n) is 15.3. The molecule has 3 rings (SSSR count). The molecule has 0 aromatic heterocycles. The lowest BCUT2D eigenvalue weighted by Crippen LogP contribution is -2.18. The van der Waals surface area contributed by atoms with E-state index < -0.39 is 35.1 Å². The van der Waals surface area contributed by atoms with Crippen molar-refractivity contribution in [1.29, 1.82) is 0 Å². The Morgan fingerprint density at radius 2 is 1.45 bits per heavy atom. The van der Waals surface area contributed by atoms with Gasteiger partial charge in [-0.3, -0.25) is 0 Å². The maximum Gasteiger partial charge on any atom is 0.573 e. The number of alkyl halides is 3. The van der Waals surface area contributed by atoms with Gasteiger partial charge in [0, 0.05) is 5.56 Å². The van der Waals surface area contributed by atoms with Crippen molar-refractivity contribution >= 4 is 0 Å². The molecule has 0 N–H and O–H groups in total. The molecule has 0 aliphatic carbocycles. The summed E-state index contributed by atoms with van der Waals surface area (Å²) in [5.41, 5.74) is -0.509. The summed E-state index contributed by atoms with van der Waals surface area (Å²) in [5.74, 6) is -4.28. The molecule has 7 heteroatoms. The SMILES string of the molecule is CCCc1cc(F)c(-c2ccc(OC(F)(F)F)c(F)c2-c2ccccc2)c(F)c1. The van der Waals surface area contributed by atoms with Gasteiger partial charge >= 0.3 is 6.36 Å². The lowest BCUT2D eigenvalue weighted by Gasteiger charge is -2.17. The molecule has 0 aliphatic rings. The van der Waals surface area contributed by atoms with Crippen LogP contribution >= 0.6 is 0 Å². The summed E-state index contributed by atoms with van der Waals surface area (Å²) in [6, 6.07) is 11.6. The quantitative estimate of drug-likeness (QED) is 0.401. The molecule has 3 aromatic rings. The number of halogens is 6. The highest BCUT2D eigenvalue weighted by molar-refractivity contribution is 5.85. The number of hydrogen-bond acceptors (Lipinski definition) is 1. The Bertz CT molecular complexity index is 989. The Hall–Kier alpha value is -2.96. The fourth-order valence-corrected chi connectivity index (χ4v) is 3.17. The summed E-state index contributed by atoms with van der Waals surface area (Å²) in [7, 11) is 0. The van der Waals surface area contributed by atoms with Gasteiger partial charge in [-0.05, 0) is 47.4 Å². The van der Waals surface area contributed by atoms with Gasteiger partial charge in [0.2, 0.25) is 0 Å². The molecule has 0 atom stereocenters. The highest BCUT2D eigenvalue weighted by Gasteiger charge is 2.33. The second kappa shape index (κ2) is 8.19. The van der Waals surface area contributed by atoms with Crippen molar-refractivity contribution in [1.82, 2.24) is 0 Å². The molecule has 0 saturated carbocycles. The zero-order chi connectivity index (χ0) is 21.2. The highest BCUT2D eigenvalue weighted by atomic mass is 19.4. The van der Waals surface area contributed by atoms with E-state index in [1.807, 2.05) is 6.92 Å². The molecular formula is C22H16F6O. The maximum absolute atomic E-state index is 15.0. The van der Waals surface area contributed by atoms with Gasteiger partial charge in [-0.1, -0.05) is 43.7 Å². The number of benzene rings is 3. The molecule has 152 valence electrons. The van der Waals surface area contributed by atoms with Gasteiger partial charge < -0.3 is 4.74 Å². The van der Waals surface area contributed by atoms with Crippen LogP contribution in [0.2, 0.25) is 0 Å². The maximum atomic E-state index is 15.0. The summed E-state index contributed by atoms with van der Waals surface area (Å²) in [6.07, 6.45) is -3.99. The van der Waals surface area contributed by atoms with Crippen molar-refractivity contribution < 1.29 is 31.1 Å². The summed E-state index contributed by atoms with van der Waals surface area (Å²) in [6.45, 7) is 1.85. The molecule has 0 aliphatic heterocycles. The first-order chi connectivity index (χ1) is 13.7. The van der Waals surface area contributed by atoms with Crippen LogP contribution < -0.4 is 4.74 Å². The van der Waals surface area contributed by atoms with E-state index in [9.17, 15) is 22.0 Å². The van der Waals surface area contributed by atoms with Crippen molar-refractivity contribution in [3.8, 4) is 28.0 Å². The molecule has 1 nitrogen and oxygen atoms in total. The van der Waals surface area contributed by atoms with E-state index in [1.54, 1.807) is 6.07 Å². The van der Waals surface area contributed by atoms with Gasteiger partial charge in [0.05, 0.1) is 5.56 Å². The molecule has 29 heavy (non-hydrogen) atoms. The van der Waals surface area contributed by atoms with E-state index >= 15 is 4.39 Å². The third-order valence-electron chi connectivity index (χ3n) is 4.30.